The molecule has 12 nitrogen and oxygen atoms in total. The van der Waals surface area contributed by atoms with Crippen LogP contribution < -0.4 is 21.1 Å². The summed E-state index contributed by atoms with van der Waals surface area (Å²) < 4.78 is 22.2. The second-order valence-corrected chi connectivity index (χ2v) is 14.7. The Balaban J connectivity index is 0.00000103. The van der Waals surface area contributed by atoms with Gasteiger partial charge >= 0.3 is 0 Å². The summed E-state index contributed by atoms with van der Waals surface area (Å²) >= 11 is 0. The van der Waals surface area contributed by atoms with Crippen LogP contribution in [0.15, 0.2) is 30.3 Å². The van der Waals surface area contributed by atoms with Gasteiger partial charge in [0.25, 0.3) is 5.91 Å². The smallest absolute Gasteiger partial charge is 0.256 e. The number of carbonyl (C=O) groups excluding carboxylic acids is 3. The molecular formula is C42H65N3O9. The SMILES string of the molecule is CCC.CCCC.COc1ccc(NC(=O)COCCOCCNC(=O)CCOC2CCC3C4CCc5cc(O)ccc5C4CCC23C)c(O)c1C(N)=O. The van der Waals surface area contributed by atoms with Gasteiger partial charge in [-0.05, 0) is 97.1 Å². The fourth-order valence-electron chi connectivity index (χ4n) is 8.09. The maximum absolute atomic E-state index is 12.4. The molecule has 0 heterocycles. The molecule has 5 atom stereocenters. The Morgan fingerprint density at radius 1 is 0.907 bits per heavy atom. The first kappa shape index (κ1) is 44.5. The van der Waals surface area contributed by atoms with Gasteiger partial charge in [0.15, 0.2) is 5.75 Å². The Labute approximate surface area is 321 Å². The van der Waals surface area contributed by atoms with Gasteiger partial charge in [0.2, 0.25) is 11.8 Å². The zero-order valence-electron chi connectivity index (χ0n) is 33.3. The van der Waals surface area contributed by atoms with E-state index in [2.05, 4.69) is 51.3 Å². The van der Waals surface area contributed by atoms with Crippen molar-refractivity contribution in [2.24, 2.45) is 23.0 Å². The van der Waals surface area contributed by atoms with E-state index < -0.39 is 17.6 Å². The number of rotatable bonds is 16. The standard InChI is InChI=1S/C35H47N3O9.C4H10.C3H8/c1-35-13-11-24-23-6-4-22(39)19-21(23)3-5-25(24)26(35)7-10-29(35)47-15-12-30(40)37-14-16-45-17-18-46-20-31(41)38-27-8-9-28(44-2)32(33(27)42)34(36)43;1-3-4-2;1-3-2/h4,6,8-9,19,24-26,29,39,42H,3,5,7,10-18,20H2,1-2H3,(H2,36,43)(H,37,40)(H,38,41);3-4H2,1-2H3;3H2,1-2H3. The van der Waals surface area contributed by atoms with Gasteiger partial charge in [0.05, 0.1) is 45.3 Å². The topological polar surface area (TPSA) is 179 Å². The lowest BCUT2D eigenvalue weighted by atomic mass is 9.55. The van der Waals surface area contributed by atoms with Crippen molar-refractivity contribution in [2.45, 2.75) is 111 Å². The number of aryl methyl sites for hydroxylation is 1. The minimum Gasteiger partial charge on any atom is -0.508 e. The Morgan fingerprint density at radius 2 is 1.63 bits per heavy atom. The first-order valence-electron chi connectivity index (χ1n) is 19.8. The molecule has 6 N–H and O–H groups in total. The van der Waals surface area contributed by atoms with Gasteiger partial charge in [-0.3, -0.25) is 14.4 Å². The maximum Gasteiger partial charge on any atom is 0.256 e. The molecule has 2 aromatic rings. The van der Waals surface area contributed by atoms with E-state index in [-0.39, 0.29) is 54.2 Å². The van der Waals surface area contributed by atoms with Crippen LogP contribution in [0.3, 0.4) is 0 Å². The van der Waals surface area contributed by atoms with Crippen molar-refractivity contribution < 1.29 is 43.5 Å². The second-order valence-electron chi connectivity index (χ2n) is 14.7. The maximum atomic E-state index is 12.4. The molecule has 2 fully saturated rings. The molecular weight excluding hydrogens is 690 g/mol. The molecule has 0 aliphatic heterocycles. The highest BCUT2D eigenvalue weighted by molar-refractivity contribution is 6.02. The van der Waals surface area contributed by atoms with E-state index in [0.717, 1.165) is 38.5 Å². The lowest BCUT2D eigenvalue weighted by molar-refractivity contribution is -0.124. The molecule has 302 valence electrons. The number of unbranched alkanes of at least 4 members (excludes halogenated alkanes) is 1. The van der Waals surface area contributed by atoms with Crippen molar-refractivity contribution in [3.05, 3.63) is 47.0 Å². The number of phenolic OH excluding ortho intramolecular Hbond substituents is 1. The predicted octanol–water partition coefficient (Wildman–Crippen LogP) is 6.85. The van der Waals surface area contributed by atoms with E-state index >= 15 is 0 Å². The first-order chi connectivity index (χ1) is 25.9. The Morgan fingerprint density at radius 3 is 2.31 bits per heavy atom. The fraction of sp³-hybridized carbons (Fsp3) is 0.643. The summed E-state index contributed by atoms with van der Waals surface area (Å²) in [4.78, 5) is 36.2. The lowest BCUT2D eigenvalue weighted by Gasteiger charge is -2.50. The van der Waals surface area contributed by atoms with Crippen LogP contribution in [0, 0.1) is 17.3 Å². The van der Waals surface area contributed by atoms with Crippen molar-refractivity contribution in [1.82, 2.24) is 5.32 Å². The first-order valence-corrected chi connectivity index (χ1v) is 19.8. The molecule has 3 aliphatic carbocycles. The minimum atomic E-state index is -0.891. The van der Waals surface area contributed by atoms with Crippen LogP contribution >= 0.6 is 0 Å². The largest absolute Gasteiger partial charge is 0.508 e. The van der Waals surface area contributed by atoms with Gasteiger partial charge in [-0.25, -0.2) is 0 Å². The van der Waals surface area contributed by atoms with E-state index in [4.69, 9.17) is 24.7 Å². The lowest BCUT2D eigenvalue weighted by Crippen LogP contribution is -2.45. The highest BCUT2D eigenvalue weighted by atomic mass is 16.5. The van der Waals surface area contributed by atoms with Gasteiger partial charge in [-0.15, -0.1) is 0 Å². The molecule has 5 rings (SSSR count). The quantitative estimate of drug-likeness (QED) is 0.0906. The molecule has 0 saturated heterocycles. The Bertz CT molecular complexity index is 1500. The van der Waals surface area contributed by atoms with Crippen LogP contribution in [0.2, 0.25) is 0 Å². The highest BCUT2D eigenvalue weighted by Crippen LogP contribution is 2.61. The van der Waals surface area contributed by atoms with Crippen LogP contribution in [0.1, 0.15) is 120 Å². The summed E-state index contributed by atoms with van der Waals surface area (Å²) in [5.74, 6) is 0.291. The van der Waals surface area contributed by atoms with Gasteiger partial charge < -0.3 is 45.5 Å². The second kappa shape index (κ2) is 22.5. The summed E-state index contributed by atoms with van der Waals surface area (Å²) in [7, 11) is 1.33. The number of nitrogens with one attached hydrogen (secondary N) is 2. The van der Waals surface area contributed by atoms with E-state index in [1.54, 1.807) is 0 Å². The number of phenols is 2. The molecule has 2 aromatic carbocycles. The number of methoxy groups -OCH3 is 1. The number of primary amides is 1. The number of fused-ring (bicyclic) bond motifs is 5. The molecule has 5 unspecified atom stereocenters. The third kappa shape index (κ3) is 12.1. The number of ether oxygens (including phenoxy) is 4. The number of hydrogen-bond acceptors (Lipinski definition) is 9. The van der Waals surface area contributed by atoms with Crippen molar-refractivity contribution in [1.29, 1.82) is 0 Å². The van der Waals surface area contributed by atoms with Crippen LogP contribution in [-0.4, -0.2) is 80.7 Å². The number of nitrogens with two attached hydrogens (primary N) is 1. The van der Waals surface area contributed by atoms with Gasteiger partial charge in [-0.1, -0.05) is 59.9 Å². The zero-order valence-corrected chi connectivity index (χ0v) is 33.3. The average Bonchev–Trinajstić information content (AvgIpc) is 3.49. The third-order valence-corrected chi connectivity index (χ3v) is 10.8. The monoisotopic (exact) mass is 755 g/mol. The molecule has 12 heteroatoms. The molecule has 0 spiro atoms. The van der Waals surface area contributed by atoms with Gasteiger partial charge in [0, 0.05) is 13.0 Å². The van der Waals surface area contributed by atoms with Crippen molar-refractivity contribution >= 4 is 23.4 Å². The molecule has 0 aromatic heterocycles. The van der Waals surface area contributed by atoms with E-state index in [1.807, 2.05) is 12.1 Å². The van der Waals surface area contributed by atoms with E-state index in [0.29, 0.717) is 49.7 Å². The van der Waals surface area contributed by atoms with Crippen molar-refractivity contribution in [3.63, 3.8) is 0 Å². The predicted molar refractivity (Wildman–Crippen MR) is 210 cm³/mol. The normalized spacial score (nSPS) is 22.2. The third-order valence-electron chi connectivity index (χ3n) is 10.8. The molecule has 0 radical (unpaired) electrons. The zero-order chi connectivity index (χ0) is 39.7. The van der Waals surface area contributed by atoms with Crippen LogP contribution in [0.5, 0.6) is 17.2 Å². The average molecular weight is 756 g/mol. The molecule has 2 saturated carbocycles. The molecule has 3 aliphatic rings. The number of hydrogen-bond donors (Lipinski definition) is 5. The molecule has 54 heavy (non-hydrogen) atoms. The van der Waals surface area contributed by atoms with E-state index in [9.17, 15) is 24.6 Å². The van der Waals surface area contributed by atoms with Crippen molar-refractivity contribution in [3.8, 4) is 17.2 Å². The fourth-order valence-corrected chi connectivity index (χ4v) is 8.09. The van der Waals surface area contributed by atoms with Gasteiger partial charge in [0.1, 0.15) is 23.7 Å². The number of amides is 3. The number of anilines is 1. The molecule has 0 bridgehead atoms. The summed E-state index contributed by atoms with van der Waals surface area (Å²) in [5.41, 5.74) is 7.94. The summed E-state index contributed by atoms with van der Waals surface area (Å²) in [5, 5.41) is 25.5. The van der Waals surface area contributed by atoms with Crippen LogP contribution in [0.25, 0.3) is 0 Å². The van der Waals surface area contributed by atoms with Crippen LogP contribution in [-0.2, 0) is 30.2 Å². The highest BCUT2D eigenvalue weighted by Gasteiger charge is 2.55. The molecule has 3 amide bonds. The minimum absolute atomic E-state index is 0.00780. The summed E-state index contributed by atoms with van der Waals surface area (Å²) in [6.07, 6.45) is 11.0. The van der Waals surface area contributed by atoms with E-state index in [1.165, 1.54) is 49.6 Å². The number of aromatic hydroxyl groups is 2. The summed E-state index contributed by atoms with van der Waals surface area (Å²) in [6, 6.07) is 8.71. The Kier molecular flexibility index (Phi) is 18.5. The van der Waals surface area contributed by atoms with Crippen molar-refractivity contribution in [2.75, 3.05) is 52.0 Å². The summed E-state index contributed by atoms with van der Waals surface area (Å²) in [6.45, 7) is 12.1. The number of benzene rings is 2. The van der Waals surface area contributed by atoms with Crippen LogP contribution in [0.4, 0.5) is 5.69 Å². The number of carbonyl (C=O) groups is 3. The van der Waals surface area contributed by atoms with Gasteiger partial charge in [-0.2, -0.15) is 0 Å². The Hall–Kier alpha value is -3.87.